The topological polar surface area (TPSA) is 37.4 Å². The zero-order valence-corrected chi connectivity index (χ0v) is 14.1. The maximum absolute atomic E-state index is 14.1. The predicted molar refractivity (Wildman–Crippen MR) is 85.5 cm³/mol. The first-order chi connectivity index (χ1) is 9.86. The number of benzene rings is 2. The predicted octanol–water partition coefficient (Wildman–Crippen LogP) is 4.11. The van der Waals surface area contributed by atoms with Gasteiger partial charge in [-0.1, -0.05) is 33.6 Å². The van der Waals surface area contributed by atoms with E-state index in [1.807, 2.05) is 6.92 Å². The number of anilines is 1. The first kappa shape index (κ1) is 16.0. The van der Waals surface area contributed by atoms with Gasteiger partial charge < -0.3 is 0 Å². The number of halogens is 2. The molecule has 0 aliphatic heterocycles. The summed E-state index contributed by atoms with van der Waals surface area (Å²) >= 11 is 3.16. The van der Waals surface area contributed by atoms with Gasteiger partial charge in [0.15, 0.2) is 0 Å². The van der Waals surface area contributed by atoms with Crippen molar-refractivity contribution in [2.45, 2.75) is 18.7 Å². The monoisotopic (exact) mass is 371 g/mol. The normalized spacial score (nSPS) is 11.4. The van der Waals surface area contributed by atoms with Gasteiger partial charge in [0, 0.05) is 11.0 Å². The van der Waals surface area contributed by atoms with Gasteiger partial charge in [0.2, 0.25) is 0 Å². The number of hydrogen-bond acceptors (Lipinski definition) is 2. The molecule has 0 bridgehead atoms. The fourth-order valence-corrected chi connectivity index (χ4v) is 3.81. The second kappa shape index (κ2) is 6.15. The van der Waals surface area contributed by atoms with Crippen LogP contribution in [0, 0.1) is 12.7 Å². The average Bonchev–Trinajstić information content (AvgIpc) is 2.42. The number of nitrogens with zero attached hydrogens (tertiary/aromatic N) is 1. The minimum atomic E-state index is -3.78. The molecule has 112 valence electrons. The molecule has 0 aliphatic carbocycles. The number of rotatable bonds is 4. The quantitative estimate of drug-likeness (QED) is 0.810. The Morgan fingerprint density at radius 2 is 1.76 bits per heavy atom. The van der Waals surface area contributed by atoms with Gasteiger partial charge in [0.1, 0.15) is 5.82 Å². The van der Waals surface area contributed by atoms with E-state index in [4.69, 9.17) is 0 Å². The van der Waals surface area contributed by atoms with Crippen molar-refractivity contribution in [3.63, 3.8) is 0 Å². The van der Waals surface area contributed by atoms with Crippen LogP contribution in [-0.2, 0) is 10.0 Å². The van der Waals surface area contributed by atoms with Crippen LogP contribution in [0.4, 0.5) is 10.1 Å². The summed E-state index contributed by atoms with van der Waals surface area (Å²) in [6, 6.07) is 10.8. The largest absolute Gasteiger partial charge is 0.264 e. The Labute approximate surface area is 132 Å². The van der Waals surface area contributed by atoms with E-state index in [1.165, 1.54) is 24.3 Å². The van der Waals surface area contributed by atoms with Crippen molar-refractivity contribution in [1.29, 1.82) is 0 Å². The first-order valence-corrected chi connectivity index (χ1v) is 8.64. The van der Waals surface area contributed by atoms with Crippen LogP contribution in [0.15, 0.2) is 51.8 Å². The summed E-state index contributed by atoms with van der Waals surface area (Å²) in [6.45, 7) is 3.70. The van der Waals surface area contributed by atoms with Gasteiger partial charge >= 0.3 is 0 Å². The Hall–Kier alpha value is -1.40. The lowest BCUT2D eigenvalue weighted by Gasteiger charge is -2.23. The Bertz CT molecular complexity index is 745. The zero-order valence-electron chi connectivity index (χ0n) is 11.7. The third-order valence-electron chi connectivity index (χ3n) is 3.07. The summed E-state index contributed by atoms with van der Waals surface area (Å²) in [6.07, 6.45) is 0. The van der Waals surface area contributed by atoms with E-state index in [-0.39, 0.29) is 17.1 Å². The summed E-state index contributed by atoms with van der Waals surface area (Å²) in [5.41, 5.74) is 1.01. The summed E-state index contributed by atoms with van der Waals surface area (Å²) in [7, 11) is -3.78. The average molecular weight is 372 g/mol. The molecule has 0 spiro atoms. The van der Waals surface area contributed by atoms with Crippen LogP contribution in [0.5, 0.6) is 0 Å². The van der Waals surface area contributed by atoms with Crippen molar-refractivity contribution in [2.75, 3.05) is 10.8 Å². The van der Waals surface area contributed by atoms with E-state index in [2.05, 4.69) is 15.9 Å². The second-order valence-electron chi connectivity index (χ2n) is 4.58. The molecule has 0 aliphatic rings. The highest BCUT2D eigenvalue weighted by Gasteiger charge is 2.25. The first-order valence-electron chi connectivity index (χ1n) is 6.40. The highest BCUT2D eigenvalue weighted by atomic mass is 79.9. The van der Waals surface area contributed by atoms with E-state index in [1.54, 1.807) is 25.1 Å². The van der Waals surface area contributed by atoms with E-state index < -0.39 is 15.8 Å². The molecule has 2 aromatic carbocycles. The lowest BCUT2D eigenvalue weighted by Crippen LogP contribution is -2.31. The third kappa shape index (κ3) is 3.27. The maximum Gasteiger partial charge on any atom is 0.264 e. The van der Waals surface area contributed by atoms with Crippen molar-refractivity contribution in [2.24, 2.45) is 0 Å². The maximum atomic E-state index is 14.1. The second-order valence-corrected chi connectivity index (χ2v) is 7.36. The molecule has 0 heterocycles. The minimum Gasteiger partial charge on any atom is -0.264 e. The van der Waals surface area contributed by atoms with Gasteiger partial charge in [-0.25, -0.2) is 12.8 Å². The molecule has 0 amide bonds. The molecule has 2 aromatic rings. The molecule has 0 saturated heterocycles. The molecule has 0 radical (unpaired) electrons. The van der Waals surface area contributed by atoms with Gasteiger partial charge in [-0.15, -0.1) is 0 Å². The Balaban J connectivity index is 2.51. The van der Waals surface area contributed by atoms with Crippen LogP contribution in [-0.4, -0.2) is 15.0 Å². The van der Waals surface area contributed by atoms with Gasteiger partial charge in [0.25, 0.3) is 10.0 Å². The van der Waals surface area contributed by atoms with E-state index >= 15 is 0 Å². The lowest BCUT2D eigenvalue weighted by atomic mass is 10.2. The molecule has 0 unspecified atom stereocenters. The number of hydrogen-bond donors (Lipinski definition) is 0. The fraction of sp³-hybridized carbons (Fsp3) is 0.200. The molecule has 0 N–H and O–H groups in total. The fourth-order valence-electron chi connectivity index (χ4n) is 1.99. The van der Waals surface area contributed by atoms with Crippen LogP contribution in [0.3, 0.4) is 0 Å². The van der Waals surface area contributed by atoms with Crippen LogP contribution in [0.25, 0.3) is 0 Å². The SMILES string of the molecule is CCN(c1ccc(Br)cc1F)S(=O)(=O)c1ccc(C)cc1. The summed E-state index contributed by atoms with van der Waals surface area (Å²) in [4.78, 5) is 0.150. The van der Waals surface area contributed by atoms with E-state index in [9.17, 15) is 12.8 Å². The third-order valence-corrected chi connectivity index (χ3v) is 5.47. The minimum absolute atomic E-state index is 0.0428. The summed E-state index contributed by atoms with van der Waals surface area (Å²) in [5, 5.41) is 0. The highest BCUT2D eigenvalue weighted by Crippen LogP contribution is 2.28. The summed E-state index contributed by atoms with van der Waals surface area (Å²) in [5.74, 6) is -0.582. The van der Waals surface area contributed by atoms with Crippen molar-refractivity contribution in [1.82, 2.24) is 0 Å². The van der Waals surface area contributed by atoms with E-state index in [0.29, 0.717) is 4.47 Å². The van der Waals surface area contributed by atoms with Crippen LogP contribution in [0.1, 0.15) is 12.5 Å². The molecule has 21 heavy (non-hydrogen) atoms. The van der Waals surface area contributed by atoms with Gasteiger partial charge in [0.05, 0.1) is 10.6 Å². The molecule has 6 heteroatoms. The van der Waals surface area contributed by atoms with Crippen molar-refractivity contribution in [3.05, 3.63) is 58.3 Å². The van der Waals surface area contributed by atoms with Gasteiger partial charge in [-0.3, -0.25) is 4.31 Å². The van der Waals surface area contributed by atoms with E-state index in [0.717, 1.165) is 9.87 Å². The van der Waals surface area contributed by atoms with Gasteiger partial charge in [-0.2, -0.15) is 0 Å². The zero-order chi connectivity index (χ0) is 15.6. The van der Waals surface area contributed by atoms with Crippen LogP contribution in [0.2, 0.25) is 0 Å². The standard InChI is InChI=1S/C15H15BrFNO2S/c1-3-18(15-9-6-12(16)10-14(15)17)21(19,20)13-7-4-11(2)5-8-13/h4-10H,3H2,1-2H3. The van der Waals surface area contributed by atoms with Crippen molar-refractivity contribution >= 4 is 31.6 Å². The number of aryl methyl sites for hydroxylation is 1. The Kier molecular flexibility index (Phi) is 4.68. The molecule has 0 aromatic heterocycles. The molecule has 2 rings (SSSR count). The smallest absolute Gasteiger partial charge is 0.264 e. The molecule has 0 fully saturated rings. The van der Waals surface area contributed by atoms with Gasteiger partial charge in [-0.05, 0) is 44.2 Å². The Morgan fingerprint density at radius 3 is 2.29 bits per heavy atom. The molecular weight excluding hydrogens is 357 g/mol. The van der Waals surface area contributed by atoms with Crippen molar-refractivity contribution < 1.29 is 12.8 Å². The number of sulfonamides is 1. The van der Waals surface area contributed by atoms with Crippen LogP contribution >= 0.6 is 15.9 Å². The van der Waals surface area contributed by atoms with Crippen molar-refractivity contribution in [3.8, 4) is 0 Å². The Morgan fingerprint density at radius 1 is 1.14 bits per heavy atom. The lowest BCUT2D eigenvalue weighted by molar-refractivity contribution is 0.586. The molecule has 0 atom stereocenters. The summed E-state index contributed by atoms with van der Waals surface area (Å²) < 4.78 is 41.0. The molecule has 3 nitrogen and oxygen atoms in total. The molecule has 0 saturated carbocycles. The molecular formula is C15H15BrFNO2S. The van der Waals surface area contributed by atoms with Crippen LogP contribution < -0.4 is 4.31 Å². The highest BCUT2D eigenvalue weighted by molar-refractivity contribution is 9.10.